The summed E-state index contributed by atoms with van der Waals surface area (Å²) in [6.45, 7) is 0.191. The Labute approximate surface area is 150 Å². The van der Waals surface area contributed by atoms with Crippen LogP contribution in [0.5, 0.6) is 0 Å². The van der Waals surface area contributed by atoms with E-state index in [0.29, 0.717) is 11.8 Å². The third kappa shape index (κ3) is 5.24. The van der Waals surface area contributed by atoms with Crippen molar-refractivity contribution in [1.29, 1.82) is 5.41 Å². The average molecular weight is 368 g/mol. The molecule has 1 amide bonds. The normalized spacial score (nSPS) is 16.3. The number of nitrogens with one attached hydrogen (secondary N) is 1. The maximum atomic E-state index is 12.7. The summed E-state index contributed by atoms with van der Waals surface area (Å²) in [5.41, 5.74) is 9.79. The fraction of sp³-hybridized carbons (Fsp3) is 0.444. The fourth-order valence-corrected chi connectivity index (χ4v) is 3.10. The molecule has 1 aromatic carbocycles. The van der Waals surface area contributed by atoms with Gasteiger partial charge in [-0.3, -0.25) is 10.2 Å². The number of amides is 1. The van der Waals surface area contributed by atoms with E-state index in [9.17, 15) is 18.0 Å². The van der Waals surface area contributed by atoms with Gasteiger partial charge in [0.05, 0.1) is 0 Å². The molecule has 0 heterocycles. The van der Waals surface area contributed by atoms with Crippen LogP contribution < -0.4 is 11.5 Å². The number of carbonyl (C=O) groups excluding carboxylic acids is 1. The molecule has 1 saturated carbocycles. The summed E-state index contributed by atoms with van der Waals surface area (Å²) in [7, 11) is 0. The maximum absolute atomic E-state index is 12.7. The van der Waals surface area contributed by atoms with Gasteiger partial charge in [0.2, 0.25) is 0 Å². The molecule has 26 heavy (non-hydrogen) atoms. The van der Waals surface area contributed by atoms with Gasteiger partial charge >= 0.3 is 6.18 Å². The van der Waals surface area contributed by atoms with Crippen LogP contribution in [0, 0.1) is 5.41 Å². The van der Waals surface area contributed by atoms with Gasteiger partial charge in [-0.25, -0.2) is 0 Å². The molecule has 1 aliphatic carbocycles. The molecule has 0 saturated heterocycles. The van der Waals surface area contributed by atoms with E-state index in [2.05, 4.69) is 0 Å². The second-order valence-corrected chi connectivity index (χ2v) is 6.48. The number of nitrogen functional groups attached to an aromatic ring is 1. The molecule has 0 bridgehead atoms. The van der Waals surface area contributed by atoms with Crippen LogP contribution in [0.3, 0.4) is 0 Å². The minimum absolute atomic E-state index is 0.112. The molecule has 0 aromatic heterocycles. The van der Waals surface area contributed by atoms with Gasteiger partial charge in [-0.2, -0.15) is 13.2 Å². The number of anilines is 1. The summed E-state index contributed by atoms with van der Waals surface area (Å²) in [5, 5.41) is 7.79. The van der Waals surface area contributed by atoms with Crippen molar-refractivity contribution in [3.63, 3.8) is 0 Å². The Morgan fingerprint density at radius 3 is 2.50 bits per heavy atom. The predicted molar refractivity (Wildman–Crippen MR) is 94.3 cm³/mol. The summed E-state index contributed by atoms with van der Waals surface area (Å²) in [6, 6.07) is 6.86. The lowest BCUT2D eigenvalue weighted by molar-refractivity contribution is -0.127. The molecule has 1 fully saturated rings. The Morgan fingerprint density at radius 2 is 1.92 bits per heavy atom. The largest absolute Gasteiger partial charge is 0.430 e. The van der Waals surface area contributed by atoms with Gasteiger partial charge in [-0.05, 0) is 36.6 Å². The third-order valence-electron chi connectivity index (χ3n) is 4.44. The summed E-state index contributed by atoms with van der Waals surface area (Å²) in [4.78, 5) is 14.2. The van der Waals surface area contributed by atoms with Crippen molar-refractivity contribution in [3.8, 4) is 0 Å². The predicted octanol–water partition coefficient (Wildman–Crippen LogP) is 3.35. The van der Waals surface area contributed by atoms with E-state index in [1.54, 1.807) is 24.3 Å². The molecular weight excluding hydrogens is 345 g/mol. The van der Waals surface area contributed by atoms with Gasteiger partial charge in [0.25, 0.3) is 5.91 Å². The number of benzene rings is 1. The Bertz CT molecular complexity index is 694. The first kappa shape index (κ1) is 19.8. The minimum atomic E-state index is -4.77. The van der Waals surface area contributed by atoms with Gasteiger partial charge < -0.3 is 16.4 Å². The monoisotopic (exact) mass is 368 g/mol. The molecule has 0 spiro atoms. The van der Waals surface area contributed by atoms with Crippen LogP contribution in [-0.2, 0) is 11.3 Å². The lowest BCUT2D eigenvalue weighted by Gasteiger charge is -2.34. The number of nitrogens with zero attached hydrogens (tertiary/aromatic N) is 1. The minimum Gasteiger partial charge on any atom is -0.399 e. The molecule has 1 aliphatic rings. The number of alkyl halides is 3. The topological polar surface area (TPSA) is 96.2 Å². The molecule has 1 aromatic rings. The van der Waals surface area contributed by atoms with E-state index >= 15 is 0 Å². The first-order chi connectivity index (χ1) is 12.2. The number of nitrogens with two attached hydrogens (primary N) is 2. The van der Waals surface area contributed by atoms with E-state index in [1.807, 2.05) is 0 Å². The molecule has 0 radical (unpaired) electrons. The SMILES string of the molecule is N=C(C=C(N)C(F)(F)F)C(=O)N(Cc1cccc(N)c1)C1CCCCC1. The summed E-state index contributed by atoms with van der Waals surface area (Å²) < 4.78 is 37.8. The van der Waals surface area contributed by atoms with Gasteiger partial charge in [-0.1, -0.05) is 31.4 Å². The lowest BCUT2D eigenvalue weighted by Crippen LogP contribution is -2.44. The van der Waals surface area contributed by atoms with Crippen LogP contribution in [0.4, 0.5) is 18.9 Å². The Hall–Kier alpha value is -2.51. The highest BCUT2D eigenvalue weighted by Gasteiger charge is 2.33. The third-order valence-corrected chi connectivity index (χ3v) is 4.44. The van der Waals surface area contributed by atoms with E-state index in [4.69, 9.17) is 16.9 Å². The number of carbonyl (C=O) groups is 1. The Kier molecular flexibility index (Phi) is 6.28. The number of hydrogen-bond donors (Lipinski definition) is 3. The van der Waals surface area contributed by atoms with E-state index in [0.717, 1.165) is 37.7 Å². The van der Waals surface area contributed by atoms with Gasteiger partial charge in [0, 0.05) is 18.3 Å². The fourth-order valence-electron chi connectivity index (χ4n) is 3.10. The molecule has 0 atom stereocenters. The van der Waals surface area contributed by atoms with Crippen LogP contribution in [-0.4, -0.2) is 28.7 Å². The van der Waals surface area contributed by atoms with Gasteiger partial charge in [0.1, 0.15) is 11.4 Å². The van der Waals surface area contributed by atoms with Crippen LogP contribution in [0.25, 0.3) is 0 Å². The van der Waals surface area contributed by atoms with Crippen LogP contribution >= 0.6 is 0 Å². The van der Waals surface area contributed by atoms with Crippen molar-refractivity contribution in [1.82, 2.24) is 4.90 Å². The van der Waals surface area contributed by atoms with Crippen molar-refractivity contribution in [3.05, 3.63) is 41.6 Å². The number of allylic oxidation sites excluding steroid dienone is 1. The van der Waals surface area contributed by atoms with E-state index < -0.39 is 23.5 Å². The van der Waals surface area contributed by atoms with Crippen molar-refractivity contribution in [2.45, 2.75) is 50.9 Å². The molecule has 5 nitrogen and oxygen atoms in total. The first-order valence-corrected chi connectivity index (χ1v) is 8.47. The Balaban J connectivity index is 2.24. The summed E-state index contributed by atoms with van der Waals surface area (Å²) in [5.74, 6) is -0.758. The molecular formula is C18H23F3N4O. The van der Waals surface area contributed by atoms with Crippen LogP contribution in [0.1, 0.15) is 37.7 Å². The highest BCUT2D eigenvalue weighted by molar-refractivity contribution is 6.42. The van der Waals surface area contributed by atoms with Crippen molar-refractivity contribution in [2.75, 3.05) is 5.73 Å². The zero-order chi connectivity index (χ0) is 19.3. The standard InChI is InChI=1S/C18H23F3N4O/c19-18(20,21)16(24)10-15(23)17(26)25(14-7-2-1-3-8-14)11-12-5-4-6-13(22)9-12/h4-6,9-10,14,23H,1-3,7-8,11,22,24H2. The zero-order valence-corrected chi connectivity index (χ0v) is 14.4. The number of hydrogen-bond acceptors (Lipinski definition) is 4. The zero-order valence-electron chi connectivity index (χ0n) is 14.4. The maximum Gasteiger partial charge on any atom is 0.430 e. The van der Waals surface area contributed by atoms with Gasteiger partial charge in [-0.15, -0.1) is 0 Å². The first-order valence-electron chi connectivity index (χ1n) is 8.47. The second-order valence-electron chi connectivity index (χ2n) is 6.48. The lowest BCUT2D eigenvalue weighted by atomic mass is 9.93. The van der Waals surface area contributed by atoms with Crippen LogP contribution in [0.15, 0.2) is 36.0 Å². The molecule has 2 rings (SSSR count). The van der Waals surface area contributed by atoms with Crippen LogP contribution in [0.2, 0.25) is 0 Å². The van der Waals surface area contributed by atoms with E-state index in [-0.39, 0.29) is 12.6 Å². The number of rotatable bonds is 5. The number of halogens is 3. The summed E-state index contributed by atoms with van der Waals surface area (Å²) >= 11 is 0. The van der Waals surface area contributed by atoms with Crippen molar-refractivity contribution < 1.29 is 18.0 Å². The highest BCUT2D eigenvalue weighted by Crippen LogP contribution is 2.26. The smallest absolute Gasteiger partial charge is 0.399 e. The second kappa shape index (κ2) is 8.25. The molecule has 0 unspecified atom stereocenters. The molecule has 142 valence electrons. The van der Waals surface area contributed by atoms with Crippen molar-refractivity contribution >= 4 is 17.3 Å². The quantitative estimate of drug-likeness (QED) is 0.549. The molecule has 0 aliphatic heterocycles. The Morgan fingerprint density at radius 1 is 1.27 bits per heavy atom. The average Bonchev–Trinajstić information content (AvgIpc) is 2.59. The van der Waals surface area contributed by atoms with E-state index in [1.165, 1.54) is 4.90 Å². The summed E-state index contributed by atoms with van der Waals surface area (Å²) in [6.07, 6.45) is 0.0981. The molecule has 8 heteroatoms. The highest BCUT2D eigenvalue weighted by atomic mass is 19.4. The molecule has 5 N–H and O–H groups in total. The van der Waals surface area contributed by atoms with Gasteiger partial charge in [0.15, 0.2) is 0 Å². The van der Waals surface area contributed by atoms with Crippen molar-refractivity contribution in [2.24, 2.45) is 5.73 Å².